The molecule has 0 radical (unpaired) electrons. The molecular formula is C57H71BrN4O3S. The van der Waals surface area contributed by atoms with Gasteiger partial charge in [0.1, 0.15) is 17.6 Å². The van der Waals surface area contributed by atoms with Crippen LogP contribution in [0.25, 0.3) is 22.2 Å². The van der Waals surface area contributed by atoms with Crippen molar-refractivity contribution in [2.24, 2.45) is 50.2 Å². The summed E-state index contributed by atoms with van der Waals surface area (Å²) in [6.45, 7) is 18.7. The van der Waals surface area contributed by atoms with Crippen LogP contribution in [0.5, 0.6) is 0 Å². The van der Waals surface area contributed by atoms with Gasteiger partial charge in [0.15, 0.2) is 12.4 Å². The summed E-state index contributed by atoms with van der Waals surface area (Å²) in [5.41, 5.74) is 8.88. The van der Waals surface area contributed by atoms with Gasteiger partial charge in [0.25, 0.3) is 0 Å². The zero-order valence-electron chi connectivity index (χ0n) is 40.4. The third kappa shape index (κ3) is 7.60. The number of hydrogen-bond donors (Lipinski definition) is 1. The van der Waals surface area contributed by atoms with Gasteiger partial charge in [-0.05, 0) is 157 Å². The molecule has 3 aromatic carbocycles. The van der Waals surface area contributed by atoms with Crippen molar-refractivity contribution in [3.05, 3.63) is 109 Å². The molecule has 5 aromatic rings. The molecule has 0 amide bonds. The molecule has 0 unspecified atom stereocenters. The first-order valence-electron chi connectivity index (χ1n) is 24.8. The molecule has 5 aliphatic carbocycles. The highest BCUT2D eigenvalue weighted by atomic mass is 79.9. The average Bonchev–Trinajstić information content (AvgIpc) is 3.80. The molecule has 0 saturated heterocycles. The van der Waals surface area contributed by atoms with Crippen LogP contribution in [0, 0.1) is 50.2 Å². The second-order valence-electron chi connectivity index (χ2n) is 23.0. The lowest BCUT2D eigenvalue weighted by Crippen LogP contribution is -3.00. The summed E-state index contributed by atoms with van der Waals surface area (Å²) in [5, 5.41) is 11.2. The summed E-state index contributed by atoms with van der Waals surface area (Å²) in [6, 6.07) is 29.6. The van der Waals surface area contributed by atoms with Crippen molar-refractivity contribution >= 4 is 45.8 Å². The van der Waals surface area contributed by atoms with Gasteiger partial charge >= 0.3 is 5.97 Å². The number of para-hydroxylation sites is 2. The minimum absolute atomic E-state index is 0. The summed E-state index contributed by atoms with van der Waals surface area (Å²) in [4.78, 5) is 16.9. The van der Waals surface area contributed by atoms with E-state index in [1.165, 1.54) is 24.6 Å². The largest absolute Gasteiger partial charge is 1.00 e. The highest BCUT2D eigenvalue weighted by Gasteiger charge is 2.69. The van der Waals surface area contributed by atoms with Crippen molar-refractivity contribution in [2.45, 2.75) is 138 Å². The zero-order chi connectivity index (χ0) is 45.4. The molecule has 5 aliphatic rings. The Balaban J connectivity index is 0.00000548. The maximum absolute atomic E-state index is 14.6. The molecule has 0 aliphatic heterocycles. The minimum atomic E-state index is -0.426. The monoisotopic (exact) mass is 970 g/mol. The lowest BCUT2D eigenvalue weighted by molar-refractivity contribution is -0.697. The van der Waals surface area contributed by atoms with Crippen molar-refractivity contribution in [3.63, 3.8) is 0 Å². The van der Waals surface area contributed by atoms with E-state index in [-0.39, 0.29) is 62.0 Å². The van der Waals surface area contributed by atoms with Crippen LogP contribution in [0.3, 0.4) is 0 Å². The lowest BCUT2D eigenvalue weighted by Gasteiger charge is -2.71. The number of esters is 1. The first kappa shape index (κ1) is 47.2. The molecule has 2 aromatic heterocycles. The van der Waals surface area contributed by atoms with Gasteiger partial charge in [-0.1, -0.05) is 96.5 Å². The fraction of sp³-hybridized carbons (Fsp3) is 0.544. The second kappa shape index (κ2) is 17.6. The topological polar surface area (TPSA) is 79.4 Å². The number of aliphatic hydroxyl groups is 1. The molecule has 2 heterocycles. The number of nitrogens with zero attached hydrogens (tertiary/aromatic N) is 4. The average molecular weight is 972 g/mol. The van der Waals surface area contributed by atoms with Crippen LogP contribution in [0.2, 0.25) is 0 Å². The third-order valence-electron chi connectivity index (χ3n) is 18.9. The van der Waals surface area contributed by atoms with Crippen LogP contribution in [0.1, 0.15) is 126 Å². The number of ether oxygens (including phenoxy) is 1. The number of hydrogen-bond acceptors (Lipinski definition) is 7. The van der Waals surface area contributed by atoms with E-state index >= 15 is 0 Å². The number of carbonyl (C=O) groups excluding carboxylic acids is 1. The fourth-order valence-electron chi connectivity index (χ4n) is 14.9. The Morgan fingerprint density at radius 3 is 2.14 bits per heavy atom. The Morgan fingerprint density at radius 1 is 0.773 bits per heavy atom. The number of carbonyl (C=O) groups is 1. The number of benzene rings is 3. The van der Waals surface area contributed by atoms with Gasteiger partial charge in [0, 0.05) is 35.5 Å². The number of aliphatic hydroxyl groups excluding tert-OH is 1. The SMILES string of the molecule is CC1(C)CC[C@]2(C(=O)OCCCC[n+]3ccc(-c4ccc(N(c5ccccc5)c5ccccc5)c5nsnc45)cc3)CC[C@]3(C)C(=CC[C@@H]4[C@@]5(C)CC[C@H](O)C(C)(C)[C@@H]5CC[C@]43C)[C@@H]2C1.[Br-]. The molecule has 0 spiro atoms. The lowest BCUT2D eigenvalue weighted by atomic mass is 9.33. The Labute approximate surface area is 408 Å². The van der Waals surface area contributed by atoms with E-state index in [1.807, 2.05) is 12.1 Å². The maximum Gasteiger partial charge on any atom is 0.312 e. The Kier molecular flexibility index (Phi) is 12.5. The molecule has 4 saturated carbocycles. The van der Waals surface area contributed by atoms with Crippen LogP contribution in [-0.4, -0.2) is 32.5 Å². The molecule has 0 bridgehead atoms. The molecule has 350 valence electrons. The Hall–Kier alpha value is -3.92. The number of fused-ring (bicyclic) bond motifs is 8. The summed E-state index contributed by atoms with van der Waals surface area (Å²) in [5.74, 6) is 1.43. The van der Waals surface area contributed by atoms with Gasteiger partial charge in [-0.3, -0.25) is 4.79 Å². The standard InChI is InChI=1S/C57H71N4O3S.BrH/c1-52(2)30-32-57(33-31-55(6)43(44(57)38-52)21-23-47-54(5)28-25-48(62)53(3,4)46(54)24-29-56(47,55)7)51(63)64-37-15-14-34-60-35-26-39(27-36-60)42-20-22-45(50-49(42)58-65-59-50)61(40-16-10-8-11-17-40)41-18-12-9-13-19-41;/h8-13,16-22,26-27,35-36,44,46-48,62H,14-15,23-25,28-34,37-38H2,1-7H3;1H/q+1;/p-1/t44-,46-,47+,48-,54-,55+,56+,57-;/m0./s1. The van der Waals surface area contributed by atoms with E-state index in [9.17, 15) is 9.90 Å². The summed E-state index contributed by atoms with van der Waals surface area (Å²) >= 11 is 1.25. The van der Waals surface area contributed by atoms with Crippen LogP contribution < -0.4 is 26.4 Å². The molecule has 7 nitrogen and oxygen atoms in total. The Morgan fingerprint density at radius 2 is 1.44 bits per heavy atom. The van der Waals surface area contributed by atoms with Crippen molar-refractivity contribution in [2.75, 3.05) is 11.5 Å². The number of halogens is 1. The molecule has 9 heteroatoms. The van der Waals surface area contributed by atoms with Gasteiger partial charge in [0.05, 0.1) is 35.5 Å². The normalized spacial score (nSPS) is 31.8. The van der Waals surface area contributed by atoms with Crippen LogP contribution in [0.4, 0.5) is 17.1 Å². The summed E-state index contributed by atoms with van der Waals surface area (Å²) in [7, 11) is 0. The van der Waals surface area contributed by atoms with Crippen LogP contribution >= 0.6 is 11.7 Å². The molecule has 10 rings (SSSR count). The van der Waals surface area contributed by atoms with Gasteiger partial charge < -0.3 is 31.7 Å². The molecule has 66 heavy (non-hydrogen) atoms. The van der Waals surface area contributed by atoms with E-state index in [0.29, 0.717) is 18.4 Å². The van der Waals surface area contributed by atoms with Crippen molar-refractivity contribution in [1.29, 1.82) is 0 Å². The highest BCUT2D eigenvalue weighted by Crippen LogP contribution is 2.76. The molecular weight excluding hydrogens is 901 g/mol. The predicted molar refractivity (Wildman–Crippen MR) is 263 cm³/mol. The second-order valence-corrected chi connectivity index (χ2v) is 23.5. The maximum atomic E-state index is 14.6. The number of anilines is 3. The van der Waals surface area contributed by atoms with Gasteiger partial charge in [-0.15, -0.1) is 0 Å². The van der Waals surface area contributed by atoms with Crippen molar-refractivity contribution < 1.29 is 36.2 Å². The van der Waals surface area contributed by atoms with Gasteiger partial charge in [-0.2, -0.15) is 8.75 Å². The predicted octanol–water partition coefficient (Wildman–Crippen LogP) is 10.6. The number of rotatable bonds is 10. The smallest absolute Gasteiger partial charge is 0.312 e. The Bertz CT molecular complexity index is 2540. The van der Waals surface area contributed by atoms with E-state index in [2.05, 4.69) is 149 Å². The quantitative estimate of drug-likeness (QED) is 0.0650. The van der Waals surface area contributed by atoms with E-state index < -0.39 is 5.41 Å². The first-order chi connectivity index (χ1) is 31.1. The molecule has 4 fully saturated rings. The third-order valence-corrected chi connectivity index (χ3v) is 19.5. The zero-order valence-corrected chi connectivity index (χ0v) is 42.8. The highest BCUT2D eigenvalue weighted by molar-refractivity contribution is 7.00. The van der Waals surface area contributed by atoms with Crippen LogP contribution in [0.15, 0.2) is 109 Å². The number of aryl methyl sites for hydroxylation is 1. The molecule has 8 atom stereocenters. The van der Waals surface area contributed by atoms with Gasteiger partial charge in [-0.25, -0.2) is 4.57 Å². The van der Waals surface area contributed by atoms with Crippen molar-refractivity contribution in [3.8, 4) is 11.1 Å². The van der Waals surface area contributed by atoms with E-state index in [1.54, 1.807) is 5.57 Å². The number of pyridine rings is 1. The fourth-order valence-corrected chi connectivity index (χ4v) is 15.5. The first-order valence-corrected chi connectivity index (χ1v) is 25.6. The summed E-state index contributed by atoms with van der Waals surface area (Å²) < 4.78 is 18.3. The molecule has 1 N–H and O–H groups in total. The number of aromatic nitrogens is 3. The number of allylic oxidation sites excluding steroid dienone is 2. The van der Waals surface area contributed by atoms with Crippen molar-refractivity contribution in [1.82, 2.24) is 8.75 Å². The van der Waals surface area contributed by atoms with Gasteiger partial charge in [0.2, 0.25) is 0 Å². The minimum Gasteiger partial charge on any atom is -1.00 e. The number of unbranched alkanes of at least 4 members (excludes halogenated alkanes) is 1. The van der Waals surface area contributed by atoms with Crippen LogP contribution in [-0.2, 0) is 16.1 Å². The van der Waals surface area contributed by atoms with E-state index in [0.717, 1.165) is 110 Å². The summed E-state index contributed by atoms with van der Waals surface area (Å²) in [6.07, 6.45) is 19.1. The van der Waals surface area contributed by atoms with E-state index in [4.69, 9.17) is 13.5 Å².